The van der Waals surface area contributed by atoms with E-state index >= 15 is 0 Å². The average Bonchev–Trinajstić information content (AvgIpc) is 0.788. The first-order valence-corrected chi connectivity index (χ1v) is 31.4. The Kier molecular flexibility index (Phi) is 23.6. The van der Waals surface area contributed by atoms with Crippen molar-refractivity contribution >= 4 is 109 Å². The van der Waals surface area contributed by atoms with E-state index in [1.807, 2.05) is 145 Å². The van der Waals surface area contributed by atoms with E-state index in [-0.39, 0.29) is 57.9 Å². The van der Waals surface area contributed by atoms with Crippen LogP contribution in [0.1, 0.15) is 59.7 Å². The number of amides is 1. The maximum absolute atomic E-state index is 13.4. The maximum atomic E-state index is 13.4. The van der Waals surface area contributed by atoms with Gasteiger partial charge >= 0.3 is 0 Å². The molecule has 8 aromatic carbocycles. The Balaban J connectivity index is 0.000000167. The summed E-state index contributed by atoms with van der Waals surface area (Å²) in [6, 6.07) is 52.3. The molecule has 0 aliphatic rings. The van der Waals surface area contributed by atoms with Gasteiger partial charge in [0.25, 0.3) is 22.2 Å². The smallest absolute Gasteiger partial charge is 0.258 e. The van der Waals surface area contributed by atoms with Crippen LogP contribution in [0, 0.1) is 11.6 Å². The van der Waals surface area contributed by atoms with Crippen molar-refractivity contribution in [2.75, 3.05) is 11.1 Å². The number of allylic oxidation sites excluding steroid dienone is 1. The lowest BCUT2D eigenvalue weighted by Gasteiger charge is -2.18. The lowest BCUT2D eigenvalue weighted by Crippen LogP contribution is -2.22. The normalized spacial score (nSPS) is 10.7. The number of nitrogen functional groups attached to an aromatic ring is 1. The molecule has 14 nitrogen and oxygen atoms in total. The van der Waals surface area contributed by atoms with Crippen LogP contribution >= 0.6 is 43.5 Å². The molecule has 0 radical (unpaired) electrons. The van der Waals surface area contributed by atoms with Crippen molar-refractivity contribution in [3.05, 3.63) is 294 Å². The summed E-state index contributed by atoms with van der Waals surface area (Å²) in [6.45, 7) is 18.4. The summed E-state index contributed by atoms with van der Waals surface area (Å²) in [7, 11) is 0. The monoisotopic (exact) mass is 1410 g/mol. The van der Waals surface area contributed by atoms with Gasteiger partial charge in [-0.3, -0.25) is 28.8 Å². The first-order chi connectivity index (χ1) is 45.0. The highest BCUT2D eigenvalue weighted by Gasteiger charge is 2.19. The predicted molar refractivity (Wildman–Crippen MR) is 384 cm³/mol. The number of fused-ring (bicyclic) bond motifs is 4. The molecule has 0 spiro atoms. The van der Waals surface area contributed by atoms with Crippen LogP contribution in [-0.4, -0.2) is 29.8 Å². The fourth-order valence-electron chi connectivity index (χ4n) is 9.85. The highest BCUT2D eigenvalue weighted by atomic mass is 79.9. The fraction of sp³-hybridized carbons (Fsp3) is 0.120. The Morgan fingerprint density at radius 1 is 0.500 bits per heavy atom. The summed E-state index contributed by atoms with van der Waals surface area (Å²) in [5, 5.41) is 8.45. The van der Waals surface area contributed by atoms with Gasteiger partial charge in [0.2, 0.25) is 11.1 Å². The molecule has 478 valence electrons. The molecule has 0 atom stereocenters. The van der Waals surface area contributed by atoms with E-state index in [1.54, 1.807) is 92.8 Å². The van der Waals surface area contributed by atoms with Crippen molar-refractivity contribution < 1.29 is 27.8 Å². The third-order valence-corrected chi connectivity index (χ3v) is 15.9. The number of aromatic nitrogens is 4. The molecule has 94 heavy (non-hydrogen) atoms. The first kappa shape index (κ1) is 69.6. The van der Waals surface area contributed by atoms with Crippen molar-refractivity contribution in [2.45, 2.75) is 59.7 Å². The molecular formula is C75H65Br2ClF2N6O8. The number of nitrogens with two attached hydrogens (primary N) is 1. The zero-order valence-corrected chi connectivity index (χ0v) is 55.9. The standard InChI is InChI=1S/C27H23FN2O3.C24H21FN2O2.C12H12BrNO.C9H6BrNO.C3H3ClO/c1-4-26(31)29-19-11-14-25(33-20-12-9-18(28)10-13-20)23(15-19)24-16-30(17(2)3)27(32)22-8-6-5-7-21(22)24;1-15(2)27-14-22(19-5-3-4-6-20(19)24(27)28)21-13-17(26)9-12-23(21)29-18-10-7-16(25)8-11-18;1-8(2)14-7-11(13)9-5-3-4-6-10(9)12(14)15;10-8-5-11-9(12)7-4-2-1-3-6(7)8;1-2-3(4)5/h4-17H,1H2,2-3H3,(H,29,31);3-15H,26H2,1-2H3;3-8H,1-2H3;1-5H,(H,11,12);2H,1H2. The number of nitrogens with zero attached hydrogens (tertiary/aromatic N) is 3. The van der Waals surface area contributed by atoms with E-state index in [2.05, 4.69) is 55.3 Å². The Labute approximate surface area is 562 Å². The molecule has 4 aromatic heterocycles. The highest BCUT2D eigenvalue weighted by Crippen LogP contribution is 2.41. The third kappa shape index (κ3) is 17.1. The molecule has 0 saturated carbocycles. The van der Waals surface area contributed by atoms with Gasteiger partial charge in [0.1, 0.15) is 34.6 Å². The van der Waals surface area contributed by atoms with Gasteiger partial charge in [-0.2, -0.15) is 0 Å². The van der Waals surface area contributed by atoms with Gasteiger partial charge in [0, 0.05) is 118 Å². The molecule has 12 rings (SSSR count). The van der Waals surface area contributed by atoms with Crippen LogP contribution in [0.2, 0.25) is 0 Å². The minimum Gasteiger partial charge on any atom is -0.457 e. The summed E-state index contributed by atoms with van der Waals surface area (Å²) in [5.74, 6) is 1.01. The van der Waals surface area contributed by atoms with E-state index in [0.717, 1.165) is 58.6 Å². The number of halogens is 5. The Morgan fingerprint density at radius 3 is 1.29 bits per heavy atom. The minimum atomic E-state index is -0.509. The maximum Gasteiger partial charge on any atom is 0.258 e. The zero-order valence-electron chi connectivity index (χ0n) is 52.0. The second-order valence-electron chi connectivity index (χ2n) is 21.9. The molecule has 0 saturated heterocycles. The molecule has 19 heteroatoms. The topological polar surface area (TPSA) is 190 Å². The summed E-state index contributed by atoms with van der Waals surface area (Å²) in [4.78, 5) is 73.3. The summed E-state index contributed by atoms with van der Waals surface area (Å²) in [5.41, 5.74) is 10.2. The number of anilines is 2. The number of ether oxygens (including phenoxy) is 2. The van der Waals surface area contributed by atoms with Gasteiger partial charge < -0.3 is 39.2 Å². The number of carbonyl (C=O) groups excluding carboxylic acids is 2. The molecule has 4 N–H and O–H groups in total. The largest absolute Gasteiger partial charge is 0.457 e. The number of hydrogen-bond donors (Lipinski definition) is 3. The van der Waals surface area contributed by atoms with Gasteiger partial charge in [-0.05, 0) is 217 Å². The van der Waals surface area contributed by atoms with E-state index in [4.69, 9.17) is 26.8 Å². The second-order valence-corrected chi connectivity index (χ2v) is 24.0. The molecule has 0 bridgehead atoms. The SMILES string of the molecule is C=CC(=O)Cl.C=CC(=O)Nc1ccc(Oc2ccc(F)cc2)c(-c2cn(C(C)C)c(=O)c3ccccc23)c1.CC(C)n1cc(-c2cc(N)ccc2Oc2ccc(F)cc2)c2ccccc2c1=O.CC(C)n1cc(Br)c2ccccc2c1=O.O=c1[nH]cc(Br)c2ccccc12. The fourth-order valence-corrected chi connectivity index (χ4v) is 10.9. The van der Waals surface area contributed by atoms with Crippen LogP contribution in [0.3, 0.4) is 0 Å². The lowest BCUT2D eigenvalue weighted by molar-refractivity contribution is -0.112. The van der Waals surface area contributed by atoms with E-state index < -0.39 is 5.24 Å². The number of H-pyrrole nitrogens is 1. The number of pyridine rings is 4. The molecule has 0 aliphatic heterocycles. The molecule has 1 amide bonds. The summed E-state index contributed by atoms with van der Waals surface area (Å²) >= 11 is 11.6. The van der Waals surface area contributed by atoms with E-state index in [9.17, 15) is 37.5 Å². The lowest BCUT2D eigenvalue weighted by atomic mass is 9.98. The zero-order chi connectivity index (χ0) is 67.9. The van der Waals surface area contributed by atoms with Crippen molar-refractivity contribution in [3.63, 3.8) is 0 Å². The van der Waals surface area contributed by atoms with Crippen LogP contribution in [0.5, 0.6) is 23.0 Å². The quantitative estimate of drug-likeness (QED) is 0.0607. The number of nitrogens with one attached hydrogen (secondary N) is 2. The molecule has 12 aromatic rings. The average molecular weight is 1410 g/mol. The van der Waals surface area contributed by atoms with Gasteiger partial charge in [0.05, 0.1) is 0 Å². The van der Waals surface area contributed by atoms with Crippen molar-refractivity contribution in [3.8, 4) is 45.3 Å². The number of rotatable bonds is 12. The van der Waals surface area contributed by atoms with E-state index in [0.29, 0.717) is 56.1 Å². The van der Waals surface area contributed by atoms with Gasteiger partial charge in [0.15, 0.2) is 0 Å². The number of benzene rings is 8. The van der Waals surface area contributed by atoms with Crippen molar-refractivity contribution in [2.24, 2.45) is 0 Å². The van der Waals surface area contributed by atoms with Crippen LogP contribution < -0.4 is 42.8 Å². The minimum absolute atomic E-state index is 0.00613. The van der Waals surface area contributed by atoms with Gasteiger partial charge in [-0.25, -0.2) is 8.78 Å². The summed E-state index contributed by atoms with van der Waals surface area (Å²) in [6.07, 6.45) is 9.40. The second kappa shape index (κ2) is 31.8. The van der Waals surface area contributed by atoms with Crippen LogP contribution in [0.15, 0.2) is 260 Å². The van der Waals surface area contributed by atoms with Crippen molar-refractivity contribution in [1.82, 2.24) is 18.7 Å². The van der Waals surface area contributed by atoms with Gasteiger partial charge in [-0.15, -0.1) is 0 Å². The van der Waals surface area contributed by atoms with Crippen LogP contribution in [-0.2, 0) is 9.59 Å². The number of hydrogen-bond acceptors (Lipinski definition) is 9. The third-order valence-electron chi connectivity index (χ3n) is 14.5. The Bertz CT molecular complexity index is 5030. The summed E-state index contributed by atoms with van der Waals surface area (Å²) < 4.78 is 45.8. The van der Waals surface area contributed by atoms with Crippen LogP contribution in [0.4, 0.5) is 20.2 Å². The Morgan fingerprint density at radius 2 is 0.872 bits per heavy atom. The molecular weight excluding hydrogens is 1350 g/mol. The van der Waals surface area contributed by atoms with Crippen molar-refractivity contribution in [1.29, 1.82) is 0 Å². The molecule has 0 aliphatic carbocycles. The molecule has 0 unspecified atom stereocenters. The van der Waals surface area contributed by atoms with Crippen LogP contribution in [0.25, 0.3) is 65.3 Å². The van der Waals surface area contributed by atoms with E-state index in [1.165, 1.54) is 30.3 Å². The predicted octanol–water partition coefficient (Wildman–Crippen LogP) is 18.6. The number of carbonyl (C=O) groups is 2. The Hall–Kier alpha value is -10.3. The number of aromatic amines is 1. The first-order valence-electron chi connectivity index (χ1n) is 29.5. The van der Waals surface area contributed by atoms with Gasteiger partial charge in [-0.1, -0.05) is 86.0 Å². The highest BCUT2D eigenvalue weighted by molar-refractivity contribution is 9.11. The molecule has 4 heterocycles. The molecule has 0 fully saturated rings.